The Bertz CT molecular complexity index is 1040. The van der Waals surface area contributed by atoms with Crippen molar-refractivity contribution in [3.8, 4) is 0 Å². The van der Waals surface area contributed by atoms with Gasteiger partial charge in [0.2, 0.25) is 5.91 Å². The second-order valence-corrected chi connectivity index (χ2v) is 12.6. The number of hydrogen-bond donors (Lipinski definition) is 1. The zero-order chi connectivity index (χ0) is 22.2. The number of allylic oxidation sites excluding steroid dienone is 4. The number of nitrogens with zero attached hydrogens (tertiary/aromatic N) is 1. The quantitative estimate of drug-likeness (QED) is 0.689. The molecule has 0 radical (unpaired) electrons. The molecule has 3 unspecified atom stereocenters. The lowest BCUT2D eigenvalue weighted by Gasteiger charge is -2.34. The Morgan fingerprint density at radius 2 is 1.97 bits per heavy atom. The largest absolute Gasteiger partial charge is 0.346 e. The molecule has 31 heavy (non-hydrogen) atoms. The molecule has 4 rings (SSSR count). The van der Waals surface area contributed by atoms with Crippen LogP contribution in [0, 0.1) is 5.92 Å². The Balaban J connectivity index is 1.42. The summed E-state index contributed by atoms with van der Waals surface area (Å²) in [5.41, 5.74) is 2.13. The zero-order valence-electron chi connectivity index (χ0n) is 17.5. The first-order valence-corrected chi connectivity index (χ1v) is 13.8. The average Bonchev–Trinajstić information content (AvgIpc) is 3.33. The third-order valence-electron chi connectivity index (χ3n) is 6.49. The van der Waals surface area contributed by atoms with E-state index in [2.05, 4.69) is 5.32 Å². The average molecular weight is 483 g/mol. The fraction of sp³-hybridized carbons (Fsp3) is 0.545. The lowest BCUT2D eigenvalue weighted by molar-refractivity contribution is -0.126. The summed E-state index contributed by atoms with van der Waals surface area (Å²) in [5, 5.41) is 2.64. The van der Waals surface area contributed by atoms with Gasteiger partial charge in [-0.2, -0.15) is 0 Å². The topological polar surface area (TPSA) is 83.6 Å². The molecule has 2 amide bonds. The van der Waals surface area contributed by atoms with Crippen molar-refractivity contribution in [1.82, 2.24) is 10.2 Å². The monoisotopic (exact) mass is 482 g/mol. The van der Waals surface area contributed by atoms with Gasteiger partial charge in [-0.1, -0.05) is 36.1 Å². The highest BCUT2D eigenvalue weighted by Gasteiger charge is 2.37. The van der Waals surface area contributed by atoms with Gasteiger partial charge in [0.25, 0.3) is 5.91 Å². The maximum Gasteiger partial charge on any atom is 0.261 e. The predicted octanol–water partition coefficient (Wildman–Crippen LogP) is 3.94. The third-order valence-corrected chi connectivity index (χ3v) is 9.39. The van der Waals surface area contributed by atoms with Crippen molar-refractivity contribution in [3.63, 3.8) is 0 Å². The van der Waals surface area contributed by atoms with Gasteiger partial charge in [0.15, 0.2) is 9.84 Å². The molecule has 2 fully saturated rings. The van der Waals surface area contributed by atoms with Gasteiger partial charge in [-0.05, 0) is 49.8 Å². The second kappa shape index (κ2) is 9.08. The van der Waals surface area contributed by atoms with Crippen LogP contribution >= 0.6 is 22.9 Å². The lowest BCUT2D eigenvalue weighted by Crippen LogP contribution is -2.37. The Morgan fingerprint density at radius 1 is 1.19 bits per heavy atom. The van der Waals surface area contributed by atoms with Gasteiger partial charge in [-0.15, -0.1) is 11.3 Å². The van der Waals surface area contributed by atoms with Crippen molar-refractivity contribution >= 4 is 44.6 Å². The molecule has 0 bridgehead atoms. The lowest BCUT2D eigenvalue weighted by atomic mass is 9.80. The van der Waals surface area contributed by atoms with Gasteiger partial charge in [-0.25, -0.2) is 8.42 Å². The van der Waals surface area contributed by atoms with E-state index in [0.29, 0.717) is 22.2 Å². The Hall–Kier alpha value is -1.64. The molecule has 2 aliphatic carbocycles. The van der Waals surface area contributed by atoms with Crippen LogP contribution in [0.25, 0.3) is 0 Å². The van der Waals surface area contributed by atoms with E-state index in [4.69, 9.17) is 11.6 Å². The van der Waals surface area contributed by atoms with Crippen LogP contribution < -0.4 is 5.32 Å². The number of amides is 2. The smallest absolute Gasteiger partial charge is 0.261 e. The van der Waals surface area contributed by atoms with Crippen LogP contribution in [0.4, 0.5) is 0 Å². The van der Waals surface area contributed by atoms with E-state index in [-0.39, 0.29) is 35.4 Å². The molecule has 1 saturated carbocycles. The molecule has 2 heterocycles. The summed E-state index contributed by atoms with van der Waals surface area (Å²) < 4.78 is 25.1. The van der Waals surface area contributed by atoms with E-state index in [1.54, 1.807) is 17.0 Å². The van der Waals surface area contributed by atoms with Gasteiger partial charge in [-0.3, -0.25) is 9.59 Å². The van der Waals surface area contributed by atoms with E-state index in [1.165, 1.54) is 23.2 Å². The molecule has 1 saturated heterocycles. The van der Waals surface area contributed by atoms with Crippen molar-refractivity contribution in [2.75, 3.05) is 12.8 Å². The third kappa shape index (κ3) is 5.07. The van der Waals surface area contributed by atoms with Crippen LogP contribution in [-0.4, -0.2) is 49.2 Å². The molecule has 1 aromatic heterocycles. The molecule has 1 aromatic rings. The number of hydrogen-bond acceptors (Lipinski definition) is 5. The van der Waals surface area contributed by atoms with Crippen LogP contribution in [0.1, 0.15) is 54.6 Å². The Labute approximate surface area is 192 Å². The minimum absolute atomic E-state index is 0.00397. The molecule has 6 nitrogen and oxygen atoms in total. The van der Waals surface area contributed by atoms with E-state index in [9.17, 15) is 18.0 Å². The maximum absolute atomic E-state index is 12.6. The number of halogens is 1. The van der Waals surface area contributed by atoms with Gasteiger partial charge < -0.3 is 10.2 Å². The Kier molecular flexibility index (Phi) is 6.60. The normalized spacial score (nSPS) is 27.1. The molecule has 1 N–H and O–H groups in total. The van der Waals surface area contributed by atoms with Crippen LogP contribution in [0.2, 0.25) is 4.34 Å². The number of carbonyl (C=O) groups excluding carboxylic acids is 2. The van der Waals surface area contributed by atoms with Crippen LogP contribution in [-0.2, 0) is 14.6 Å². The fourth-order valence-corrected chi connectivity index (χ4v) is 7.43. The molecular formula is C22H27ClN2O4S2. The van der Waals surface area contributed by atoms with Crippen molar-refractivity contribution in [2.24, 2.45) is 5.92 Å². The second-order valence-electron chi connectivity index (χ2n) is 8.64. The summed E-state index contributed by atoms with van der Waals surface area (Å²) in [7, 11) is -3.08. The van der Waals surface area contributed by atoms with Crippen LogP contribution in [0.3, 0.4) is 0 Å². The fourth-order valence-electron chi connectivity index (χ4n) is 4.98. The number of nitrogens with one attached hydrogen (secondary N) is 1. The first-order chi connectivity index (χ1) is 14.7. The molecule has 168 valence electrons. The molecule has 1 aliphatic heterocycles. The minimum atomic E-state index is -3.08. The molecule has 3 aliphatic rings. The predicted molar refractivity (Wildman–Crippen MR) is 123 cm³/mol. The highest BCUT2D eigenvalue weighted by molar-refractivity contribution is 7.91. The van der Waals surface area contributed by atoms with Gasteiger partial charge in [0, 0.05) is 24.9 Å². The highest BCUT2D eigenvalue weighted by Crippen LogP contribution is 2.38. The molecule has 3 atom stereocenters. The summed E-state index contributed by atoms with van der Waals surface area (Å²) in [6.45, 7) is 0.452. The van der Waals surface area contributed by atoms with Crippen molar-refractivity contribution in [3.05, 3.63) is 44.8 Å². The van der Waals surface area contributed by atoms with Gasteiger partial charge >= 0.3 is 0 Å². The number of likely N-dealkylation sites (tertiary alicyclic amines) is 1. The number of rotatable bonds is 5. The first-order valence-electron chi connectivity index (χ1n) is 10.7. The van der Waals surface area contributed by atoms with E-state index >= 15 is 0 Å². The highest BCUT2D eigenvalue weighted by atomic mass is 35.5. The summed E-state index contributed by atoms with van der Waals surface area (Å²) in [5.74, 6) is -0.120. The van der Waals surface area contributed by atoms with E-state index in [1.807, 2.05) is 12.2 Å². The molecule has 0 spiro atoms. The van der Waals surface area contributed by atoms with Gasteiger partial charge in [0.1, 0.15) is 0 Å². The number of thiophene rings is 1. The summed E-state index contributed by atoms with van der Waals surface area (Å²) in [6.07, 6.45) is 10.8. The Morgan fingerprint density at radius 3 is 2.61 bits per heavy atom. The molecule has 0 aromatic carbocycles. The number of carbonyl (C=O) groups is 2. The van der Waals surface area contributed by atoms with Crippen molar-refractivity contribution in [2.45, 2.75) is 56.2 Å². The van der Waals surface area contributed by atoms with Crippen molar-refractivity contribution in [1.29, 1.82) is 0 Å². The SMILES string of the molecule is CS(=O)(=O)C1CCCCC1C1=CC=C(N2CC(NC(=O)c3ccc(Cl)s3)CC2=O)CC1. The maximum atomic E-state index is 12.6. The van der Waals surface area contributed by atoms with Gasteiger partial charge in [0.05, 0.1) is 20.5 Å². The zero-order valence-corrected chi connectivity index (χ0v) is 19.9. The summed E-state index contributed by atoms with van der Waals surface area (Å²) >= 11 is 7.12. The summed E-state index contributed by atoms with van der Waals surface area (Å²) in [4.78, 5) is 27.3. The van der Waals surface area contributed by atoms with E-state index in [0.717, 1.165) is 37.8 Å². The molecule has 9 heteroatoms. The summed E-state index contributed by atoms with van der Waals surface area (Å²) in [6, 6.07) is 3.13. The van der Waals surface area contributed by atoms with Crippen molar-refractivity contribution < 1.29 is 18.0 Å². The number of sulfone groups is 1. The standard InChI is InChI=1S/C22H27ClN2O4S2/c1-31(28,29)19-5-3-2-4-17(19)14-6-8-16(9-7-14)25-13-15(12-21(25)26)24-22(27)18-10-11-20(23)30-18/h6,8,10-11,15,17,19H,2-5,7,9,12-13H2,1H3,(H,24,27). The van der Waals surface area contributed by atoms with E-state index < -0.39 is 9.84 Å². The molecular weight excluding hydrogens is 456 g/mol. The van der Waals surface area contributed by atoms with Crippen LogP contribution in [0.15, 0.2) is 35.6 Å². The van der Waals surface area contributed by atoms with Crippen LogP contribution in [0.5, 0.6) is 0 Å². The minimum Gasteiger partial charge on any atom is -0.346 e. The first kappa shape index (κ1) is 22.6.